The number of halogens is 1. The zero-order chi connectivity index (χ0) is 14.9. The van der Waals surface area contributed by atoms with Crippen molar-refractivity contribution in [3.05, 3.63) is 38.9 Å². The lowest BCUT2D eigenvalue weighted by molar-refractivity contribution is -0.385. The number of piperidine rings is 1. The second-order valence-electron chi connectivity index (χ2n) is 5.07. The average Bonchev–Trinajstić information content (AvgIpc) is 2.40. The molecule has 2 atom stereocenters. The van der Waals surface area contributed by atoms with Crippen LogP contribution in [0.2, 0.25) is 5.02 Å². The predicted octanol–water partition coefficient (Wildman–Crippen LogP) is 2.06. The fourth-order valence-corrected chi connectivity index (χ4v) is 2.57. The molecule has 0 spiro atoms. The number of amides is 1. The number of carbonyl (C=O) groups is 1. The summed E-state index contributed by atoms with van der Waals surface area (Å²) in [5.41, 5.74) is 5.64. The first-order valence-corrected chi connectivity index (χ1v) is 6.77. The molecule has 0 bridgehead atoms. The van der Waals surface area contributed by atoms with E-state index in [1.807, 2.05) is 6.92 Å². The first kappa shape index (κ1) is 14.7. The van der Waals surface area contributed by atoms with Crippen molar-refractivity contribution in [1.29, 1.82) is 0 Å². The predicted molar refractivity (Wildman–Crippen MR) is 75.8 cm³/mol. The molecule has 7 heteroatoms. The highest BCUT2D eigenvalue weighted by molar-refractivity contribution is 6.34. The number of nitrogens with zero attached hydrogens (tertiary/aromatic N) is 2. The van der Waals surface area contributed by atoms with Crippen molar-refractivity contribution in [2.45, 2.75) is 19.4 Å². The van der Waals surface area contributed by atoms with E-state index in [0.717, 1.165) is 6.42 Å². The number of hydrogen-bond donors (Lipinski definition) is 1. The van der Waals surface area contributed by atoms with Gasteiger partial charge in [0.1, 0.15) is 5.56 Å². The maximum absolute atomic E-state index is 12.5. The summed E-state index contributed by atoms with van der Waals surface area (Å²) in [4.78, 5) is 24.5. The van der Waals surface area contributed by atoms with E-state index in [0.29, 0.717) is 19.0 Å². The molecule has 2 rings (SSSR count). The lowest BCUT2D eigenvalue weighted by Gasteiger charge is -2.35. The Kier molecular flexibility index (Phi) is 4.25. The average molecular weight is 298 g/mol. The monoisotopic (exact) mass is 297 g/mol. The number of nitro groups is 1. The maximum Gasteiger partial charge on any atom is 0.283 e. The van der Waals surface area contributed by atoms with E-state index < -0.39 is 10.8 Å². The van der Waals surface area contributed by atoms with Gasteiger partial charge < -0.3 is 10.6 Å². The minimum absolute atomic E-state index is 0.0547. The summed E-state index contributed by atoms with van der Waals surface area (Å²) in [6, 6.07) is 4.11. The molecule has 2 unspecified atom stereocenters. The highest BCUT2D eigenvalue weighted by atomic mass is 35.5. The van der Waals surface area contributed by atoms with Gasteiger partial charge >= 0.3 is 0 Å². The van der Waals surface area contributed by atoms with Crippen LogP contribution in [0.3, 0.4) is 0 Å². The van der Waals surface area contributed by atoms with Gasteiger partial charge in [-0.15, -0.1) is 0 Å². The molecular weight excluding hydrogens is 282 g/mol. The van der Waals surface area contributed by atoms with Crippen molar-refractivity contribution >= 4 is 23.2 Å². The summed E-state index contributed by atoms with van der Waals surface area (Å²) in [5, 5.41) is 11.1. The van der Waals surface area contributed by atoms with Crippen molar-refractivity contribution < 1.29 is 9.72 Å². The molecule has 1 aromatic rings. The molecule has 1 saturated heterocycles. The number of carbonyl (C=O) groups excluding carboxylic acids is 1. The van der Waals surface area contributed by atoms with E-state index in [9.17, 15) is 14.9 Å². The second kappa shape index (κ2) is 5.76. The Labute approximate surface area is 121 Å². The van der Waals surface area contributed by atoms with E-state index in [-0.39, 0.29) is 22.3 Å². The molecule has 1 aliphatic heterocycles. The van der Waals surface area contributed by atoms with Crippen LogP contribution in [0.1, 0.15) is 23.7 Å². The Morgan fingerprint density at radius 2 is 2.25 bits per heavy atom. The minimum atomic E-state index is -0.592. The van der Waals surface area contributed by atoms with Gasteiger partial charge in [-0.2, -0.15) is 0 Å². The third-order valence-electron chi connectivity index (χ3n) is 3.71. The van der Waals surface area contributed by atoms with Crippen LogP contribution < -0.4 is 5.73 Å². The van der Waals surface area contributed by atoms with Crippen LogP contribution >= 0.6 is 11.6 Å². The molecule has 6 nitrogen and oxygen atoms in total. The smallest absolute Gasteiger partial charge is 0.283 e. The molecule has 1 fully saturated rings. The number of nitrogens with two attached hydrogens (primary N) is 1. The number of likely N-dealkylation sites (tertiary alicyclic amines) is 1. The maximum atomic E-state index is 12.5. The van der Waals surface area contributed by atoms with Gasteiger partial charge in [0.15, 0.2) is 0 Å². The molecule has 0 aromatic heterocycles. The summed E-state index contributed by atoms with van der Waals surface area (Å²) in [6.45, 7) is 2.96. The number of hydrogen-bond acceptors (Lipinski definition) is 4. The van der Waals surface area contributed by atoms with Gasteiger partial charge in [0.25, 0.3) is 11.6 Å². The van der Waals surface area contributed by atoms with Crippen LogP contribution in [0.5, 0.6) is 0 Å². The number of rotatable bonds is 2. The molecule has 1 heterocycles. The molecule has 20 heavy (non-hydrogen) atoms. The van der Waals surface area contributed by atoms with Gasteiger partial charge in [-0.25, -0.2) is 0 Å². The number of nitro benzene ring substituents is 1. The first-order valence-electron chi connectivity index (χ1n) is 6.39. The first-order chi connectivity index (χ1) is 9.41. The Balaban J connectivity index is 2.32. The lowest BCUT2D eigenvalue weighted by atomic mass is 9.94. The van der Waals surface area contributed by atoms with Crippen LogP contribution in [-0.2, 0) is 0 Å². The zero-order valence-electron chi connectivity index (χ0n) is 11.1. The third kappa shape index (κ3) is 2.76. The molecule has 0 saturated carbocycles. The number of benzene rings is 1. The van der Waals surface area contributed by atoms with E-state index in [4.69, 9.17) is 17.3 Å². The summed E-state index contributed by atoms with van der Waals surface area (Å²) in [5.74, 6) is -0.0927. The fraction of sp³-hybridized carbons (Fsp3) is 0.462. The van der Waals surface area contributed by atoms with Gasteiger partial charge in [-0.3, -0.25) is 14.9 Å². The molecule has 0 aliphatic carbocycles. The van der Waals surface area contributed by atoms with Crippen molar-refractivity contribution in [1.82, 2.24) is 4.90 Å². The van der Waals surface area contributed by atoms with E-state index in [1.54, 1.807) is 4.90 Å². The van der Waals surface area contributed by atoms with Crippen LogP contribution in [0.4, 0.5) is 5.69 Å². The molecule has 1 aliphatic rings. The van der Waals surface area contributed by atoms with Gasteiger partial charge in [0.05, 0.1) is 9.95 Å². The largest absolute Gasteiger partial charge is 0.337 e. The molecule has 1 amide bonds. The third-order valence-corrected chi connectivity index (χ3v) is 4.02. The van der Waals surface area contributed by atoms with Crippen LogP contribution in [-0.4, -0.2) is 34.9 Å². The Hall–Kier alpha value is -1.66. The van der Waals surface area contributed by atoms with Gasteiger partial charge in [-0.05, 0) is 18.4 Å². The normalized spacial score (nSPS) is 22.6. The summed E-state index contributed by atoms with van der Waals surface area (Å²) in [7, 11) is 0. The van der Waals surface area contributed by atoms with E-state index >= 15 is 0 Å². The standard InChI is InChI=1S/C13H16ClN3O3/c1-8-5-6-16(7-10(8)15)13(18)12-9(14)3-2-4-11(12)17(19)20/h2-4,8,10H,5-7,15H2,1H3. The second-order valence-corrected chi connectivity index (χ2v) is 5.48. The SMILES string of the molecule is CC1CCN(C(=O)c2c(Cl)cccc2[N+](=O)[O-])CC1N. The molecule has 1 aromatic carbocycles. The fourth-order valence-electron chi connectivity index (χ4n) is 2.32. The van der Waals surface area contributed by atoms with E-state index in [1.165, 1.54) is 18.2 Å². The van der Waals surface area contributed by atoms with Crippen LogP contribution in [0.15, 0.2) is 18.2 Å². The van der Waals surface area contributed by atoms with Gasteiger partial charge in [0.2, 0.25) is 0 Å². The van der Waals surface area contributed by atoms with E-state index in [2.05, 4.69) is 0 Å². The van der Waals surface area contributed by atoms with Crippen LogP contribution in [0.25, 0.3) is 0 Å². The van der Waals surface area contributed by atoms with Gasteiger partial charge in [0, 0.05) is 25.2 Å². The van der Waals surface area contributed by atoms with Crippen molar-refractivity contribution in [3.8, 4) is 0 Å². The molecular formula is C13H16ClN3O3. The molecule has 108 valence electrons. The quantitative estimate of drug-likeness (QED) is 0.668. The molecule has 0 radical (unpaired) electrons. The Bertz CT molecular complexity index is 550. The minimum Gasteiger partial charge on any atom is -0.337 e. The van der Waals surface area contributed by atoms with Crippen molar-refractivity contribution in [2.75, 3.05) is 13.1 Å². The zero-order valence-corrected chi connectivity index (χ0v) is 11.8. The van der Waals surface area contributed by atoms with Crippen molar-refractivity contribution in [3.63, 3.8) is 0 Å². The Morgan fingerprint density at radius 3 is 2.85 bits per heavy atom. The van der Waals surface area contributed by atoms with Crippen molar-refractivity contribution in [2.24, 2.45) is 11.7 Å². The lowest BCUT2D eigenvalue weighted by Crippen LogP contribution is -2.49. The molecule has 2 N–H and O–H groups in total. The van der Waals surface area contributed by atoms with Gasteiger partial charge in [-0.1, -0.05) is 24.6 Å². The highest BCUT2D eigenvalue weighted by Crippen LogP contribution is 2.29. The summed E-state index contributed by atoms with van der Waals surface area (Å²) in [6.07, 6.45) is 0.783. The highest BCUT2D eigenvalue weighted by Gasteiger charge is 2.31. The summed E-state index contributed by atoms with van der Waals surface area (Å²) >= 11 is 5.97. The van der Waals surface area contributed by atoms with Crippen LogP contribution in [0, 0.1) is 16.0 Å². The Morgan fingerprint density at radius 1 is 1.55 bits per heavy atom. The topological polar surface area (TPSA) is 89.5 Å². The summed E-state index contributed by atoms with van der Waals surface area (Å²) < 4.78 is 0.